The summed E-state index contributed by atoms with van der Waals surface area (Å²) in [6.07, 6.45) is 4.05. The Bertz CT molecular complexity index is 330. The molecule has 0 amide bonds. The van der Waals surface area contributed by atoms with Gasteiger partial charge in [-0.25, -0.2) is 0 Å². The molecule has 18 heavy (non-hydrogen) atoms. The summed E-state index contributed by atoms with van der Waals surface area (Å²) < 4.78 is 0. The van der Waals surface area contributed by atoms with Gasteiger partial charge in [0, 0.05) is 19.3 Å². The van der Waals surface area contributed by atoms with Crippen molar-refractivity contribution < 1.29 is 0 Å². The van der Waals surface area contributed by atoms with Crippen LogP contribution in [0, 0.1) is 11.8 Å². The molecule has 0 aliphatic carbocycles. The molecule has 1 saturated heterocycles. The van der Waals surface area contributed by atoms with Crippen molar-refractivity contribution in [3.05, 3.63) is 30.3 Å². The monoisotopic (exact) mass is 246 g/mol. The second-order valence-electron chi connectivity index (χ2n) is 5.63. The van der Waals surface area contributed by atoms with Crippen molar-refractivity contribution in [2.24, 2.45) is 11.8 Å². The average Bonchev–Trinajstić information content (AvgIpc) is 2.46. The van der Waals surface area contributed by atoms with Crippen molar-refractivity contribution in [2.75, 3.05) is 31.6 Å². The highest BCUT2D eigenvalue weighted by molar-refractivity contribution is 5.44. The molecule has 100 valence electrons. The Kier molecular flexibility index (Phi) is 5.06. The van der Waals surface area contributed by atoms with E-state index in [1.54, 1.807) is 0 Å². The van der Waals surface area contributed by atoms with E-state index in [9.17, 15) is 0 Å². The van der Waals surface area contributed by atoms with Crippen LogP contribution in [0.15, 0.2) is 30.3 Å². The number of benzene rings is 1. The van der Waals surface area contributed by atoms with E-state index < -0.39 is 0 Å². The molecular weight excluding hydrogens is 220 g/mol. The fraction of sp³-hybridized carbons (Fsp3) is 0.625. The van der Waals surface area contributed by atoms with Crippen LogP contribution in [-0.4, -0.2) is 26.7 Å². The molecule has 2 rings (SSSR count). The molecule has 2 atom stereocenters. The SMILES string of the molecule is CC(CCN(C)c1ccccc1)C1CCCNC1. The third-order valence-electron chi connectivity index (χ3n) is 4.26. The van der Waals surface area contributed by atoms with E-state index in [1.165, 1.54) is 38.0 Å². The fourth-order valence-electron chi connectivity index (χ4n) is 2.81. The highest BCUT2D eigenvalue weighted by atomic mass is 15.1. The third-order valence-corrected chi connectivity index (χ3v) is 4.26. The van der Waals surface area contributed by atoms with Gasteiger partial charge in [-0.3, -0.25) is 0 Å². The first kappa shape index (κ1) is 13.4. The number of nitrogens with zero attached hydrogens (tertiary/aromatic N) is 1. The molecule has 2 nitrogen and oxygen atoms in total. The summed E-state index contributed by atoms with van der Waals surface area (Å²) in [7, 11) is 2.20. The Morgan fingerprint density at radius 3 is 2.78 bits per heavy atom. The second kappa shape index (κ2) is 6.79. The Balaban J connectivity index is 1.76. The number of para-hydroxylation sites is 1. The van der Waals surface area contributed by atoms with Gasteiger partial charge in [0.1, 0.15) is 0 Å². The normalized spacial score (nSPS) is 21.6. The zero-order valence-corrected chi connectivity index (χ0v) is 11.7. The lowest BCUT2D eigenvalue weighted by Gasteiger charge is -2.30. The van der Waals surface area contributed by atoms with Crippen molar-refractivity contribution in [1.82, 2.24) is 5.32 Å². The largest absolute Gasteiger partial charge is 0.375 e. The Morgan fingerprint density at radius 2 is 2.11 bits per heavy atom. The Morgan fingerprint density at radius 1 is 1.33 bits per heavy atom. The van der Waals surface area contributed by atoms with Crippen LogP contribution in [0.3, 0.4) is 0 Å². The lowest BCUT2D eigenvalue weighted by atomic mass is 9.85. The third kappa shape index (κ3) is 3.74. The maximum atomic E-state index is 3.52. The Labute approximate surface area is 111 Å². The zero-order valence-electron chi connectivity index (χ0n) is 11.7. The molecule has 0 spiro atoms. The number of hydrogen-bond donors (Lipinski definition) is 1. The van der Waals surface area contributed by atoms with Crippen molar-refractivity contribution >= 4 is 5.69 Å². The van der Waals surface area contributed by atoms with Gasteiger partial charge in [0.25, 0.3) is 0 Å². The number of rotatable bonds is 5. The summed E-state index contributed by atoms with van der Waals surface area (Å²) in [5.41, 5.74) is 1.33. The Hall–Kier alpha value is -1.02. The first-order valence-corrected chi connectivity index (χ1v) is 7.24. The number of anilines is 1. The van der Waals surface area contributed by atoms with E-state index in [-0.39, 0.29) is 0 Å². The van der Waals surface area contributed by atoms with Crippen LogP contribution in [-0.2, 0) is 0 Å². The minimum Gasteiger partial charge on any atom is -0.375 e. The van der Waals surface area contributed by atoms with Crippen molar-refractivity contribution in [1.29, 1.82) is 0 Å². The summed E-state index contributed by atoms with van der Waals surface area (Å²) in [6.45, 7) is 6.00. The topological polar surface area (TPSA) is 15.3 Å². The minimum absolute atomic E-state index is 0.823. The van der Waals surface area contributed by atoms with Crippen molar-refractivity contribution in [3.63, 3.8) is 0 Å². The molecule has 2 heteroatoms. The van der Waals surface area contributed by atoms with Gasteiger partial charge >= 0.3 is 0 Å². The summed E-state index contributed by atoms with van der Waals surface area (Å²) in [5.74, 6) is 1.70. The van der Waals surface area contributed by atoms with Gasteiger partial charge < -0.3 is 10.2 Å². The van der Waals surface area contributed by atoms with Crippen LogP contribution in [0.1, 0.15) is 26.2 Å². The molecular formula is C16H26N2. The van der Waals surface area contributed by atoms with Crippen LogP contribution in [0.5, 0.6) is 0 Å². The maximum absolute atomic E-state index is 3.52. The highest BCUT2D eigenvalue weighted by Crippen LogP contribution is 2.23. The maximum Gasteiger partial charge on any atom is 0.0363 e. The van der Waals surface area contributed by atoms with Gasteiger partial charge in [0.2, 0.25) is 0 Å². The van der Waals surface area contributed by atoms with E-state index in [4.69, 9.17) is 0 Å². The van der Waals surface area contributed by atoms with Gasteiger partial charge in [0.15, 0.2) is 0 Å². The molecule has 1 heterocycles. The average molecular weight is 246 g/mol. The van der Waals surface area contributed by atoms with Crippen LogP contribution in [0.25, 0.3) is 0 Å². The van der Waals surface area contributed by atoms with E-state index in [0.29, 0.717) is 0 Å². The molecule has 0 aromatic heterocycles. The van der Waals surface area contributed by atoms with E-state index in [0.717, 1.165) is 18.4 Å². The van der Waals surface area contributed by atoms with Crippen LogP contribution in [0.4, 0.5) is 5.69 Å². The number of piperidine rings is 1. The van der Waals surface area contributed by atoms with Gasteiger partial charge in [0.05, 0.1) is 0 Å². The summed E-state index contributed by atoms with van der Waals surface area (Å²) >= 11 is 0. The van der Waals surface area contributed by atoms with Gasteiger partial charge in [-0.1, -0.05) is 25.1 Å². The molecule has 1 N–H and O–H groups in total. The first-order chi connectivity index (χ1) is 8.77. The standard InChI is InChI=1S/C16H26N2/c1-14(15-7-6-11-17-13-15)10-12-18(2)16-8-4-3-5-9-16/h3-5,8-9,14-15,17H,6-7,10-13H2,1-2H3. The minimum atomic E-state index is 0.823. The molecule has 1 fully saturated rings. The molecule has 0 bridgehead atoms. The van der Waals surface area contributed by atoms with E-state index >= 15 is 0 Å². The van der Waals surface area contributed by atoms with Crippen LogP contribution < -0.4 is 10.2 Å². The second-order valence-corrected chi connectivity index (χ2v) is 5.63. The fourth-order valence-corrected chi connectivity index (χ4v) is 2.81. The summed E-state index contributed by atoms with van der Waals surface area (Å²) in [5, 5.41) is 3.52. The predicted molar refractivity (Wildman–Crippen MR) is 79.1 cm³/mol. The summed E-state index contributed by atoms with van der Waals surface area (Å²) in [4.78, 5) is 2.37. The predicted octanol–water partition coefficient (Wildman–Crippen LogP) is 3.15. The molecule has 1 aromatic carbocycles. The number of hydrogen-bond acceptors (Lipinski definition) is 2. The molecule has 0 radical (unpaired) electrons. The highest BCUT2D eigenvalue weighted by Gasteiger charge is 2.19. The summed E-state index contributed by atoms with van der Waals surface area (Å²) in [6, 6.07) is 10.7. The van der Waals surface area contributed by atoms with Gasteiger partial charge in [-0.15, -0.1) is 0 Å². The van der Waals surface area contributed by atoms with Crippen molar-refractivity contribution in [3.8, 4) is 0 Å². The lowest BCUT2D eigenvalue weighted by molar-refractivity contribution is 0.270. The lowest BCUT2D eigenvalue weighted by Crippen LogP contribution is -2.34. The van der Waals surface area contributed by atoms with Crippen LogP contribution >= 0.6 is 0 Å². The molecule has 1 aliphatic heterocycles. The smallest absolute Gasteiger partial charge is 0.0363 e. The molecule has 1 aliphatic rings. The van der Waals surface area contributed by atoms with E-state index in [1.807, 2.05) is 0 Å². The molecule has 0 saturated carbocycles. The first-order valence-electron chi connectivity index (χ1n) is 7.24. The van der Waals surface area contributed by atoms with Crippen molar-refractivity contribution in [2.45, 2.75) is 26.2 Å². The quantitative estimate of drug-likeness (QED) is 0.858. The molecule has 1 aromatic rings. The molecule has 2 unspecified atom stereocenters. The van der Waals surface area contributed by atoms with E-state index in [2.05, 4.69) is 54.5 Å². The van der Waals surface area contributed by atoms with Gasteiger partial charge in [-0.05, 0) is 56.3 Å². The van der Waals surface area contributed by atoms with Gasteiger partial charge in [-0.2, -0.15) is 0 Å². The van der Waals surface area contributed by atoms with Crippen LogP contribution in [0.2, 0.25) is 0 Å². The number of nitrogens with one attached hydrogen (secondary N) is 1. The zero-order chi connectivity index (χ0) is 12.8.